The minimum Gasteiger partial charge on any atom is -0.339 e. The number of fused-ring (bicyclic) bond motifs is 1. The molecular weight excluding hydrogens is 338 g/mol. The van der Waals surface area contributed by atoms with Gasteiger partial charge in [-0.15, -0.1) is 0 Å². The molecule has 6 nitrogen and oxygen atoms in total. The number of hydrogen-bond donors (Lipinski definition) is 0. The quantitative estimate of drug-likeness (QED) is 0.792. The van der Waals surface area contributed by atoms with E-state index in [9.17, 15) is 9.59 Å². The molecule has 21 heavy (non-hydrogen) atoms. The summed E-state index contributed by atoms with van der Waals surface area (Å²) in [4.78, 5) is 29.8. The molecule has 0 N–H and O–H groups in total. The fourth-order valence-electron chi connectivity index (χ4n) is 2.27. The molecular formula is C14H12BrN3O3. The van der Waals surface area contributed by atoms with Crippen LogP contribution in [-0.2, 0) is 17.8 Å². The van der Waals surface area contributed by atoms with Crippen LogP contribution in [0, 0.1) is 0 Å². The molecule has 108 valence electrons. The number of carbonyl (C=O) groups excluding carboxylic acids is 2. The van der Waals surface area contributed by atoms with Crippen molar-refractivity contribution in [1.29, 1.82) is 0 Å². The molecule has 2 heterocycles. The predicted octanol–water partition coefficient (Wildman–Crippen LogP) is 2.51. The van der Waals surface area contributed by atoms with Crippen LogP contribution in [0.5, 0.6) is 0 Å². The molecule has 0 spiro atoms. The van der Waals surface area contributed by atoms with Crippen molar-refractivity contribution in [3.8, 4) is 0 Å². The number of ketones is 1. The van der Waals surface area contributed by atoms with E-state index < -0.39 is 11.7 Å². The van der Waals surface area contributed by atoms with Crippen LogP contribution < -0.4 is 4.90 Å². The van der Waals surface area contributed by atoms with Crippen LogP contribution in [0.3, 0.4) is 0 Å². The topological polar surface area (TPSA) is 76.3 Å². The smallest absolute Gasteiger partial charge is 0.299 e. The maximum absolute atomic E-state index is 12.1. The molecule has 1 aromatic carbocycles. The van der Waals surface area contributed by atoms with Crippen molar-refractivity contribution in [3.63, 3.8) is 0 Å². The highest BCUT2D eigenvalue weighted by Crippen LogP contribution is 2.34. The van der Waals surface area contributed by atoms with E-state index in [2.05, 4.69) is 26.1 Å². The van der Waals surface area contributed by atoms with Crippen LogP contribution in [0.25, 0.3) is 0 Å². The SMILES string of the molecule is CCCc1nc(CN2C(=O)C(=O)c3c(Br)cccc32)no1. The predicted molar refractivity (Wildman–Crippen MR) is 78.0 cm³/mol. The summed E-state index contributed by atoms with van der Waals surface area (Å²) in [6.45, 7) is 2.14. The summed E-state index contributed by atoms with van der Waals surface area (Å²) < 4.78 is 5.71. The number of carbonyl (C=O) groups is 2. The number of amides is 1. The van der Waals surface area contributed by atoms with E-state index >= 15 is 0 Å². The van der Waals surface area contributed by atoms with Crippen molar-refractivity contribution in [2.75, 3.05) is 4.90 Å². The highest BCUT2D eigenvalue weighted by molar-refractivity contribution is 9.10. The molecule has 1 aliphatic heterocycles. The zero-order chi connectivity index (χ0) is 15.0. The third-order valence-electron chi connectivity index (χ3n) is 3.22. The van der Waals surface area contributed by atoms with Crippen LogP contribution in [0.15, 0.2) is 27.2 Å². The molecule has 0 fully saturated rings. The Labute approximate surface area is 129 Å². The normalized spacial score (nSPS) is 13.9. The summed E-state index contributed by atoms with van der Waals surface area (Å²) in [6, 6.07) is 5.25. The zero-order valence-electron chi connectivity index (χ0n) is 11.3. The van der Waals surface area contributed by atoms with E-state index in [4.69, 9.17) is 4.52 Å². The van der Waals surface area contributed by atoms with Gasteiger partial charge in [-0.25, -0.2) is 0 Å². The van der Waals surface area contributed by atoms with Gasteiger partial charge in [0.25, 0.3) is 11.7 Å². The molecule has 1 aromatic heterocycles. The Balaban J connectivity index is 1.91. The van der Waals surface area contributed by atoms with Gasteiger partial charge in [-0.05, 0) is 34.5 Å². The van der Waals surface area contributed by atoms with Crippen molar-refractivity contribution < 1.29 is 14.1 Å². The molecule has 1 amide bonds. The maximum atomic E-state index is 12.1. The van der Waals surface area contributed by atoms with Crippen LogP contribution in [0.4, 0.5) is 5.69 Å². The molecule has 7 heteroatoms. The second-order valence-electron chi connectivity index (χ2n) is 4.71. The Kier molecular flexibility index (Phi) is 3.59. The molecule has 1 aliphatic rings. The molecule has 0 bridgehead atoms. The standard InChI is InChI=1S/C14H12BrN3O3/c1-2-4-11-16-10(17-21-11)7-18-9-6-3-5-8(15)12(9)13(19)14(18)20/h3,5-6H,2,4,7H2,1H3. The summed E-state index contributed by atoms with van der Waals surface area (Å²) >= 11 is 3.30. The minimum absolute atomic E-state index is 0.126. The lowest BCUT2D eigenvalue weighted by Gasteiger charge is -2.13. The van der Waals surface area contributed by atoms with Gasteiger partial charge < -0.3 is 4.52 Å². The Hall–Kier alpha value is -2.02. The van der Waals surface area contributed by atoms with Crippen LogP contribution in [-0.4, -0.2) is 21.8 Å². The number of aryl methyl sites for hydroxylation is 1. The van der Waals surface area contributed by atoms with E-state index in [0.717, 1.165) is 6.42 Å². The van der Waals surface area contributed by atoms with Crippen molar-refractivity contribution in [2.24, 2.45) is 0 Å². The van der Waals surface area contributed by atoms with E-state index in [1.807, 2.05) is 6.92 Å². The van der Waals surface area contributed by atoms with Gasteiger partial charge in [0.1, 0.15) is 0 Å². The molecule has 0 atom stereocenters. The number of nitrogens with zero attached hydrogens (tertiary/aromatic N) is 3. The molecule has 3 rings (SSSR count). The van der Waals surface area contributed by atoms with Gasteiger partial charge in [-0.3, -0.25) is 14.5 Å². The van der Waals surface area contributed by atoms with E-state index in [-0.39, 0.29) is 6.54 Å². The first-order chi connectivity index (χ1) is 10.1. The Bertz CT molecular complexity index is 726. The number of aromatic nitrogens is 2. The number of halogens is 1. The number of anilines is 1. The second kappa shape index (κ2) is 5.40. The summed E-state index contributed by atoms with van der Waals surface area (Å²) in [5.74, 6) is -0.152. The summed E-state index contributed by atoms with van der Waals surface area (Å²) in [7, 11) is 0. The highest BCUT2D eigenvalue weighted by Gasteiger charge is 2.37. The Morgan fingerprint density at radius 2 is 2.14 bits per heavy atom. The third kappa shape index (κ3) is 2.37. The largest absolute Gasteiger partial charge is 0.339 e. The number of hydrogen-bond acceptors (Lipinski definition) is 5. The lowest BCUT2D eigenvalue weighted by Crippen LogP contribution is -2.29. The minimum atomic E-state index is -0.571. The number of rotatable bonds is 4. The average Bonchev–Trinajstić information content (AvgIpc) is 2.99. The molecule has 0 radical (unpaired) electrons. The van der Waals surface area contributed by atoms with Crippen molar-refractivity contribution >= 4 is 33.3 Å². The lowest BCUT2D eigenvalue weighted by atomic mass is 10.1. The van der Waals surface area contributed by atoms with Gasteiger partial charge >= 0.3 is 0 Å². The fraction of sp³-hybridized carbons (Fsp3) is 0.286. The summed E-state index contributed by atoms with van der Waals surface area (Å²) in [5.41, 5.74) is 0.959. The molecule has 0 saturated carbocycles. The van der Waals surface area contributed by atoms with Gasteiger partial charge in [-0.2, -0.15) is 4.98 Å². The fourth-order valence-corrected chi connectivity index (χ4v) is 2.81. The molecule has 2 aromatic rings. The van der Waals surface area contributed by atoms with Gasteiger partial charge in [0.2, 0.25) is 5.89 Å². The maximum Gasteiger partial charge on any atom is 0.299 e. The number of Topliss-reactive ketones (excluding diaryl/α,β-unsaturated/α-hetero) is 1. The van der Waals surface area contributed by atoms with Crippen molar-refractivity contribution in [3.05, 3.63) is 40.0 Å². The van der Waals surface area contributed by atoms with E-state index in [0.29, 0.717) is 33.9 Å². The van der Waals surface area contributed by atoms with Crippen LogP contribution in [0.1, 0.15) is 35.4 Å². The lowest BCUT2D eigenvalue weighted by molar-refractivity contribution is -0.114. The van der Waals surface area contributed by atoms with Gasteiger partial charge in [0, 0.05) is 10.9 Å². The third-order valence-corrected chi connectivity index (χ3v) is 3.88. The Morgan fingerprint density at radius 1 is 1.33 bits per heavy atom. The monoisotopic (exact) mass is 349 g/mol. The van der Waals surface area contributed by atoms with Crippen LogP contribution in [0.2, 0.25) is 0 Å². The average molecular weight is 350 g/mol. The zero-order valence-corrected chi connectivity index (χ0v) is 12.9. The Morgan fingerprint density at radius 3 is 2.90 bits per heavy atom. The summed E-state index contributed by atoms with van der Waals surface area (Å²) in [5, 5.41) is 3.85. The molecule has 0 saturated heterocycles. The summed E-state index contributed by atoms with van der Waals surface area (Å²) in [6.07, 6.45) is 1.60. The first-order valence-electron chi connectivity index (χ1n) is 6.58. The van der Waals surface area contributed by atoms with Gasteiger partial charge in [0.05, 0.1) is 17.8 Å². The van der Waals surface area contributed by atoms with E-state index in [1.165, 1.54) is 4.90 Å². The number of benzene rings is 1. The van der Waals surface area contributed by atoms with Gasteiger partial charge in [0.15, 0.2) is 5.82 Å². The highest BCUT2D eigenvalue weighted by atomic mass is 79.9. The van der Waals surface area contributed by atoms with Crippen LogP contribution >= 0.6 is 15.9 Å². The van der Waals surface area contributed by atoms with E-state index in [1.54, 1.807) is 18.2 Å². The molecule has 0 aliphatic carbocycles. The van der Waals surface area contributed by atoms with Crippen molar-refractivity contribution in [1.82, 2.24) is 10.1 Å². The van der Waals surface area contributed by atoms with Gasteiger partial charge in [-0.1, -0.05) is 18.1 Å². The molecule has 0 unspecified atom stereocenters. The first kappa shape index (κ1) is 13.9. The first-order valence-corrected chi connectivity index (χ1v) is 7.37. The second-order valence-corrected chi connectivity index (χ2v) is 5.56. The van der Waals surface area contributed by atoms with Crippen molar-refractivity contribution in [2.45, 2.75) is 26.3 Å².